The molecule has 1 atom stereocenters. The van der Waals surface area contributed by atoms with E-state index in [1.807, 2.05) is 34.9 Å². The van der Waals surface area contributed by atoms with Crippen molar-refractivity contribution in [1.82, 2.24) is 19.4 Å². The van der Waals surface area contributed by atoms with Crippen LogP contribution in [0.25, 0.3) is 11.0 Å². The number of amides is 1. The van der Waals surface area contributed by atoms with Gasteiger partial charge in [0.05, 0.1) is 11.0 Å². The first-order valence-corrected chi connectivity index (χ1v) is 13.4. The third-order valence-electron chi connectivity index (χ3n) is 6.95. The summed E-state index contributed by atoms with van der Waals surface area (Å²) in [5, 5.41) is 2.09. The zero-order valence-electron chi connectivity index (χ0n) is 20.9. The number of thiophene rings is 1. The maximum atomic E-state index is 12.9. The number of benzene rings is 2. The predicted molar refractivity (Wildman–Crippen MR) is 150 cm³/mol. The maximum Gasteiger partial charge on any atom is 0.409 e. The number of carbonyl (C=O) groups is 1. The van der Waals surface area contributed by atoms with E-state index >= 15 is 0 Å². The number of fused-ring (bicyclic) bond motifs is 1. The number of halogens is 1. The number of rotatable bonds is 8. The van der Waals surface area contributed by atoms with Crippen molar-refractivity contribution in [3.8, 4) is 0 Å². The molecule has 5 rings (SSSR count). The van der Waals surface area contributed by atoms with Gasteiger partial charge >= 0.3 is 11.8 Å². The summed E-state index contributed by atoms with van der Waals surface area (Å²) >= 11 is 1.74. The van der Waals surface area contributed by atoms with Crippen LogP contribution in [0.15, 0.2) is 76.9 Å². The average Bonchev–Trinajstić information content (AvgIpc) is 3.54. The second-order valence-electron chi connectivity index (χ2n) is 9.43. The lowest BCUT2D eigenvalue weighted by atomic mass is 10.0. The molecule has 1 aliphatic heterocycles. The predicted octanol–water partition coefficient (Wildman–Crippen LogP) is 5.68. The summed E-state index contributed by atoms with van der Waals surface area (Å²) in [5.74, 6) is 0. The van der Waals surface area contributed by atoms with Gasteiger partial charge in [0.1, 0.15) is 6.61 Å². The van der Waals surface area contributed by atoms with Gasteiger partial charge < -0.3 is 14.6 Å². The van der Waals surface area contributed by atoms with Gasteiger partial charge in [-0.1, -0.05) is 48.5 Å². The van der Waals surface area contributed by atoms with E-state index in [4.69, 9.17) is 4.74 Å². The van der Waals surface area contributed by atoms with Crippen LogP contribution < -0.4 is 5.69 Å². The maximum absolute atomic E-state index is 12.9. The van der Waals surface area contributed by atoms with Crippen LogP contribution in [0.4, 0.5) is 4.79 Å². The van der Waals surface area contributed by atoms with Crippen molar-refractivity contribution in [2.45, 2.75) is 44.9 Å². The zero-order valence-corrected chi connectivity index (χ0v) is 22.5. The minimum Gasteiger partial charge on any atom is -0.448 e. The topological polar surface area (TPSA) is 70.6 Å². The Kier molecular flexibility index (Phi) is 9.08. The van der Waals surface area contributed by atoms with E-state index in [9.17, 15) is 9.59 Å². The first kappa shape index (κ1) is 27.0. The Hall–Kier alpha value is -3.07. The molecule has 2 aromatic carbocycles. The van der Waals surface area contributed by atoms with E-state index < -0.39 is 0 Å². The van der Waals surface area contributed by atoms with E-state index in [1.54, 1.807) is 16.2 Å². The molecule has 7 nitrogen and oxygen atoms in total. The number of hydrogen-bond acceptors (Lipinski definition) is 5. The third kappa shape index (κ3) is 6.44. The Labute approximate surface area is 227 Å². The number of nitrogens with zero attached hydrogens (tertiary/aromatic N) is 3. The molecule has 37 heavy (non-hydrogen) atoms. The molecule has 4 aromatic rings. The van der Waals surface area contributed by atoms with Crippen molar-refractivity contribution >= 4 is 40.9 Å². The third-order valence-corrected chi connectivity index (χ3v) is 7.81. The normalized spacial score (nSPS) is 15.0. The molecule has 1 saturated heterocycles. The highest BCUT2D eigenvalue weighted by Gasteiger charge is 2.27. The van der Waals surface area contributed by atoms with Crippen LogP contribution in [0.1, 0.15) is 36.2 Å². The van der Waals surface area contributed by atoms with Crippen LogP contribution in [0.5, 0.6) is 0 Å². The smallest absolute Gasteiger partial charge is 0.409 e. The monoisotopic (exact) mass is 540 g/mol. The fourth-order valence-corrected chi connectivity index (χ4v) is 5.65. The van der Waals surface area contributed by atoms with Crippen LogP contribution in [-0.2, 0) is 17.8 Å². The molecule has 0 spiro atoms. The summed E-state index contributed by atoms with van der Waals surface area (Å²) in [6.45, 7) is 5.20. The van der Waals surface area contributed by atoms with Crippen molar-refractivity contribution in [1.29, 1.82) is 0 Å². The molecule has 0 unspecified atom stereocenters. The van der Waals surface area contributed by atoms with Gasteiger partial charge in [-0.2, -0.15) is 0 Å². The van der Waals surface area contributed by atoms with Gasteiger partial charge in [-0.3, -0.25) is 9.47 Å². The van der Waals surface area contributed by atoms with Crippen LogP contribution in [0.2, 0.25) is 0 Å². The van der Waals surface area contributed by atoms with Crippen molar-refractivity contribution in [3.05, 3.63) is 93.0 Å². The molecule has 0 saturated carbocycles. The summed E-state index contributed by atoms with van der Waals surface area (Å²) in [4.78, 5) is 33.8. The van der Waals surface area contributed by atoms with E-state index in [0.717, 1.165) is 37.0 Å². The molecule has 1 amide bonds. The van der Waals surface area contributed by atoms with Crippen molar-refractivity contribution in [2.24, 2.45) is 0 Å². The highest BCUT2D eigenvalue weighted by Crippen LogP contribution is 2.25. The van der Waals surface area contributed by atoms with Gasteiger partial charge in [0, 0.05) is 43.1 Å². The fraction of sp³-hybridized carbons (Fsp3) is 0.357. The van der Waals surface area contributed by atoms with Gasteiger partial charge in [-0.15, -0.1) is 23.7 Å². The van der Waals surface area contributed by atoms with Crippen LogP contribution in [-0.4, -0.2) is 51.2 Å². The Morgan fingerprint density at radius 1 is 1.05 bits per heavy atom. The van der Waals surface area contributed by atoms with Gasteiger partial charge in [-0.25, -0.2) is 9.59 Å². The molecule has 3 heterocycles. The second-order valence-corrected chi connectivity index (χ2v) is 10.5. The minimum absolute atomic E-state index is 0. The summed E-state index contributed by atoms with van der Waals surface area (Å²) in [6.07, 6.45) is 1.18. The number of likely N-dealkylation sites (tertiary alicyclic amines) is 1. The zero-order chi connectivity index (χ0) is 24.9. The van der Waals surface area contributed by atoms with Gasteiger partial charge in [0.2, 0.25) is 0 Å². The van der Waals surface area contributed by atoms with E-state index in [-0.39, 0.29) is 36.3 Å². The molecule has 196 valence electrons. The summed E-state index contributed by atoms with van der Waals surface area (Å²) < 4.78 is 7.61. The Morgan fingerprint density at radius 3 is 2.51 bits per heavy atom. The Morgan fingerprint density at radius 2 is 1.78 bits per heavy atom. The van der Waals surface area contributed by atoms with E-state index in [2.05, 4.69) is 58.6 Å². The van der Waals surface area contributed by atoms with Crippen LogP contribution in [0.3, 0.4) is 0 Å². The molecule has 1 N–H and O–H groups in total. The highest BCUT2D eigenvalue weighted by atomic mass is 35.5. The molecular formula is C28H33ClN4O3S. The molecule has 0 bridgehead atoms. The summed E-state index contributed by atoms with van der Waals surface area (Å²) in [5.41, 5.74) is 2.92. The fourth-order valence-electron chi connectivity index (χ4n) is 4.92. The molecular weight excluding hydrogens is 508 g/mol. The average molecular weight is 541 g/mol. The second kappa shape index (κ2) is 12.4. The molecule has 0 aliphatic carbocycles. The molecule has 0 radical (unpaired) electrons. The number of nitrogens with one attached hydrogen (secondary N) is 1. The van der Waals surface area contributed by atoms with Crippen molar-refractivity contribution in [3.63, 3.8) is 0 Å². The van der Waals surface area contributed by atoms with Crippen molar-refractivity contribution < 1.29 is 9.53 Å². The van der Waals surface area contributed by atoms with Gasteiger partial charge in [-0.05, 0) is 48.9 Å². The first-order valence-electron chi connectivity index (χ1n) is 12.5. The number of imidazole rings is 1. The lowest BCUT2D eigenvalue weighted by Crippen LogP contribution is -2.42. The number of ether oxygens (including phenoxy) is 1. The first-order chi connectivity index (χ1) is 17.6. The molecule has 1 aliphatic rings. The molecule has 9 heteroatoms. The lowest BCUT2D eigenvalue weighted by Gasteiger charge is -2.33. The molecule has 2 aromatic heterocycles. The van der Waals surface area contributed by atoms with Crippen LogP contribution >= 0.6 is 23.7 Å². The molecule has 1 fully saturated rings. The number of H-pyrrole nitrogens is 1. The number of carbonyl (C=O) groups excluding carboxylic acids is 1. The number of para-hydroxylation sites is 2. The van der Waals surface area contributed by atoms with Gasteiger partial charge in [0.15, 0.2) is 0 Å². The van der Waals surface area contributed by atoms with Crippen molar-refractivity contribution in [2.75, 3.05) is 19.7 Å². The Balaban J connectivity index is 0.00000320. The number of piperidine rings is 1. The standard InChI is InChI=1S/C28H32N4O3S.ClH/c1-21(31(19-24-10-7-17-36-24)18-22-8-3-2-4-9-22)20-35-28(34)30-15-13-23(14-16-30)32-26-12-6-5-11-25(26)29-27(32)33;/h2-12,17,21,23H,13-16,18-20H2,1H3,(H,29,33);1H/t21-;/m0./s1. The quantitative estimate of drug-likeness (QED) is 0.312. The Bertz CT molecular complexity index is 1330. The minimum atomic E-state index is -0.276. The number of aromatic nitrogens is 2. The summed E-state index contributed by atoms with van der Waals surface area (Å²) in [6, 6.07) is 22.5. The van der Waals surface area contributed by atoms with Crippen LogP contribution in [0, 0.1) is 0 Å². The summed E-state index contributed by atoms with van der Waals surface area (Å²) in [7, 11) is 0. The number of aromatic amines is 1. The lowest BCUT2D eigenvalue weighted by molar-refractivity contribution is 0.0570. The van der Waals surface area contributed by atoms with E-state index in [0.29, 0.717) is 19.7 Å². The van der Waals surface area contributed by atoms with E-state index in [1.165, 1.54) is 10.4 Å². The largest absolute Gasteiger partial charge is 0.448 e. The SMILES string of the molecule is C[C@@H](COC(=O)N1CCC(n2c(=O)[nH]c3ccccc32)CC1)N(Cc1ccccc1)Cc1cccs1.Cl. The number of hydrogen-bond donors (Lipinski definition) is 1. The van der Waals surface area contributed by atoms with Gasteiger partial charge in [0.25, 0.3) is 0 Å². The highest BCUT2D eigenvalue weighted by molar-refractivity contribution is 7.09.